The summed E-state index contributed by atoms with van der Waals surface area (Å²) in [5.41, 5.74) is 0.766. The molecule has 100 valence electrons. The van der Waals surface area contributed by atoms with Gasteiger partial charge in [-0.15, -0.1) is 10.2 Å². The van der Waals surface area contributed by atoms with Crippen LogP contribution in [0.4, 0.5) is 10.1 Å². The molecule has 0 saturated carbocycles. The van der Waals surface area contributed by atoms with Crippen molar-refractivity contribution in [2.24, 2.45) is 10.2 Å². The van der Waals surface area contributed by atoms with Gasteiger partial charge in [0.15, 0.2) is 5.69 Å². The first kappa shape index (κ1) is 12.1. The summed E-state index contributed by atoms with van der Waals surface area (Å²) in [5, 5.41) is 17.5. The molecule has 0 aliphatic rings. The zero-order valence-electron chi connectivity index (χ0n) is 10.1. The monoisotopic (exact) mass is 272 g/mol. The van der Waals surface area contributed by atoms with Gasteiger partial charge in [-0.2, -0.15) is 0 Å². The first-order valence-electron chi connectivity index (χ1n) is 5.75. The summed E-state index contributed by atoms with van der Waals surface area (Å²) < 4.78 is 13.1. The van der Waals surface area contributed by atoms with E-state index in [1.165, 1.54) is 18.2 Å². The maximum atomic E-state index is 13.1. The fourth-order valence-corrected chi connectivity index (χ4v) is 1.85. The molecular weight excluding hydrogens is 263 g/mol. The van der Waals surface area contributed by atoms with Crippen LogP contribution < -0.4 is 0 Å². The van der Waals surface area contributed by atoms with E-state index in [-0.39, 0.29) is 11.6 Å². The van der Waals surface area contributed by atoms with Gasteiger partial charge in [0, 0.05) is 11.6 Å². The fraction of sp³-hybridized carbons (Fsp3) is 0. The molecule has 0 bridgehead atoms. The molecule has 3 rings (SSSR count). The largest absolute Gasteiger partial charge is 0.493 e. The average molecular weight is 272 g/mol. The summed E-state index contributed by atoms with van der Waals surface area (Å²) in [6.07, 6.45) is 1.59. The lowest BCUT2D eigenvalue weighted by Crippen LogP contribution is -1.92. The molecule has 0 atom stereocenters. The Morgan fingerprint density at radius 3 is 2.90 bits per heavy atom. The van der Waals surface area contributed by atoms with Gasteiger partial charge in [0.2, 0.25) is 5.88 Å². The van der Waals surface area contributed by atoms with Gasteiger partial charge >= 0.3 is 5.91 Å². The topological polar surface area (TPSA) is 93.6 Å². The molecule has 0 aliphatic heterocycles. The molecular formula is C13H9FN4O2. The van der Waals surface area contributed by atoms with E-state index in [0.29, 0.717) is 16.6 Å². The second-order valence-corrected chi connectivity index (χ2v) is 4.10. The number of carbonyl (C=O) groups is 1. The van der Waals surface area contributed by atoms with Gasteiger partial charge in [0.25, 0.3) is 0 Å². The number of halogens is 1. The molecule has 0 unspecified atom stereocenters. The fourth-order valence-electron chi connectivity index (χ4n) is 1.85. The van der Waals surface area contributed by atoms with Crippen LogP contribution in [0.1, 0.15) is 10.5 Å². The van der Waals surface area contributed by atoms with E-state index in [1.54, 1.807) is 18.3 Å². The molecule has 0 saturated heterocycles. The van der Waals surface area contributed by atoms with E-state index in [1.807, 2.05) is 0 Å². The van der Waals surface area contributed by atoms with Crippen molar-refractivity contribution in [2.45, 2.75) is 0 Å². The molecule has 3 N–H and O–H groups in total. The molecule has 3 aromatic rings. The van der Waals surface area contributed by atoms with E-state index in [4.69, 9.17) is 0 Å². The maximum Gasteiger partial charge on any atom is 0.311 e. The number of aromatic hydroxyl groups is 1. The number of azo groups is 1. The number of carbonyl (C=O) groups excluding carboxylic acids is 1. The summed E-state index contributed by atoms with van der Waals surface area (Å²) in [6.45, 7) is 0. The Labute approximate surface area is 112 Å². The molecule has 1 amide bonds. The molecule has 7 heteroatoms. The van der Waals surface area contributed by atoms with Crippen LogP contribution in [0.5, 0.6) is 5.88 Å². The molecule has 20 heavy (non-hydrogen) atoms. The van der Waals surface area contributed by atoms with Crippen LogP contribution >= 0.6 is 0 Å². The van der Waals surface area contributed by atoms with Crippen molar-refractivity contribution in [3.63, 3.8) is 0 Å². The lowest BCUT2D eigenvalue weighted by atomic mass is 10.2. The molecule has 6 nitrogen and oxygen atoms in total. The lowest BCUT2D eigenvalue weighted by Gasteiger charge is -1.92. The number of nitrogens with zero attached hydrogens (tertiary/aromatic N) is 2. The maximum absolute atomic E-state index is 13.1. The SMILES string of the molecule is O=C(N=Nc1c(O)[nH]c2cc(F)ccc12)c1ccc[nH]1. The number of H-pyrrole nitrogens is 2. The molecule has 2 aromatic heterocycles. The number of benzene rings is 1. The minimum atomic E-state index is -0.564. The average Bonchev–Trinajstić information content (AvgIpc) is 3.03. The number of fused-ring (bicyclic) bond motifs is 1. The Kier molecular flexibility index (Phi) is 2.79. The highest BCUT2D eigenvalue weighted by Gasteiger charge is 2.12. The normalized spacial score (nSPS) is 11.4. The third-order valence-corrected chi connectivity index (χ3v) is 2.78. The molecule has 0 fully saturated rings. The van der Waals surface area contributed by atoms with E-state index in [2.05, 4.69) is 20.2 Å². The summed E-state index contributed by atoms with van der Waals surface area (Å²) in [6, 6.07) is 7.14. The van der Waals surface area contributed by atoms with Crippen molar-refractivity contribution < 1.29 is 14.3 Å². The Bertz CT molecular complexity index is 805. The third-order valence-electron chi connectivity index (χ3n) is 2.78. The second-order valence-electron chi connectivity index (χ2n) is 4.10. The van der Waals surface area contributed by atoms with Crippen molar-refractivity contribution in [1.82, 2.24) is 9.97 Å². The van der Waals surface area contributed by atoms with Crippen molar-refractivity contribution in [2.75, 3.05) is 0 Å². The first-order chi connectivity index (χ1) is 9.65. The number of aromatic amines is 2. The minimum absolute atomic E-state index is 0.0971. The van der Waals surface area contributed by atoms with Crippen LogP contribution in [0.2, 0.25) is 0 Å². The van der Waals surface area contributed by atoms with Gasteiger partial charge in [-0.25, -0.2) is 4.39 Å². The third kappa shape index (κ3) is 2.05. The highest BCUT2D eigenvalue weighted by Crippen LogP contribution is 2.35. The van der Waals surface area contributed by atoms with Gasteiger partial charge in [0.05, 0.1) is 5.52 Å². The number of rotatable bonds is 2. The van der Waals surface area contributed by atoms with E-state index >= 15 is 0 Å². The van der Waals surface area contributed by atoms with Crippen LogP contribution in [-0.2, 0) is 0 Å². The molecule has 0 radical (unpaired) electrons. The standard InChI is InChI=1S/C13H9FN4O2/c14-7-3-4-8-10(6-7)16-13(20)11(8)17-18-12(19)9-2-1-5-15-9/h1-6,15-16,20H. The van der Waals surface area contributed by atoms with Crippen LogP contribution in [-0.4, -0.2) is 21.0 Å². The summed E-state index contributed by atoms with van der Waals surface area (Å²) in [4.78, 5) is 16.9. The smallest absolute Gasteiger partial charge is 0.311 e. The highest BCUT2D eigenvalue weighted by atomic mass is 19.1. The summed E-state index contributed by atoms with van der Waals surface area (Å²) >= 11 is 0. The summed E-state index contributed by atoms with van der Waals surface area (Å²) in [5.74, 6) is -1.27. The van der Waals surface area contributed by atoms with Crippen molar-refractivity contribution in [1.29, 1.82) is 0 Å². The highest BCUT2D eigenvalue weighted by molar-refractivity contribution is 5.96. The van der Waals surface area contributed by atoms with Crippen molar-refractivity contribution in [3.05, 3.63) is 48.0 Å². The summed E-state index contributed by atoms with van der Waals surface area (Å²) in [7, 11) is 0. The Balaban J connectivity index is 1.98. The van der Waals surface area contributed by atoms with Gasteiger partial charge < -0.3 is 15.1 Å². The van der Waals surface area contributed by atoms with Gasteiger partial charge in [-0.3, -0.25) is 4.79 Å². The van der Waals surface area contributed by atoms with E-state index in [0.717, 1.165) is 0 Å². The minimum Gasteiger partial charge on any atom is -0.493 e. The zero-order chi connectivity index (χ0) is 14.1. The van der Waals surface area contributed by atoms with E-state index in [9.17, 15) is 14.3 Å². The number of amides is 1. The Morgan fingerprint density at radius 2 is 2.15 bits per heavy atom. The molecule has 0 aliphatic carbocycles. The second kappa shape index (κ2) is 4.61. The predicted octanol–water partition coefficient (Wildman–Crippen LogP) is 3.26. The molecule has 0 spiro atoms. The predicted molar refractivity (Wildman–Crippen MR) is 69.6 cm³/mol. The number of hydrogen-bond donors (Lipinski definition) is 3. The molecule has 1 aromatic carbocycles. The Hall–Kier alpha value is -2.96. The zero-order valence-corrected chi connectivity index (χ0v) is 10.1. The van der Waals surface area contributed by atoms with Gasteiger partial charge in [-0.05, 0) is 30.3 Å². The Morgan fingerprint density at radius 1 is 1.30 bits per heavy atom. The molecule has 2 heterocycles. The van der Waals surface area contributed by atoms with Crippen molar-refractivity contribution >= 4 is 22.5 Å². The quantitative estimate of drug-likeness (QED) is 0.624. The van der Waals surface area contributed by atoms with Gasteiger partial charge in [0.1, 0.15) is 11.5 Å². The van der Waals surface area contributed by atoms with Crippen LogP contribution in [0.25, 0.3) is 10.9 Å². The van der Waals surface area contributed by atoms with E-state index < -0.39 is 11.7 Å². The van der Waals surface area contributed by atoms with Crippen molar-refractivity contribution in [3.8, 4) is 5.88 Å². The van der Waals surface area contributed by atoms with Gasteiger partial charge in [-0.1, -0.05) is 0 Å². The number of hydrogen-bond acceptors (Lipinski definition) is 3. The van der Waals surface area contributed by atoms with Crippen LogP contribution in [0.15, 0.2) is 46.8 Å². The van der Waals surface area contributed by atoms with Crippen LogP contribution in [0, 0.1) is 5.82 Å². The number of aromatic nitrogens is 2. The number of nitrogens with one attached hydrogen (secondary N) is 2. The van der Waals surface area contributed by atoms with Crippen LogP contribution in [0.3, 0.4) is 0 Å². The first-order valence-corrected chi connectivity index (χ1v) is 5.75. The lowest BCUT2D eigenvalue weighted by molar-refractivity contribution is 0.0991.